The predicted octanol–water partition coefficient (Wildman–Crippen LogP) is -2.19. The van der Waals surface area contributed by atoms with Crippen LogP contribution in [0.2, 0.25) is 0 Å². The molecule has 3 atom stereocenters. The molecule has 160 valence electrons. The van der Waals surface area contributed by atoms with Crippen molar-refractivity contribution in [3.8, 4) is 0 Å². The lowest BCUT2D eigenvalue weighted by molar-refractivity contribution is -0.136. The number of carbonyl (C=O) groups is 5. The number of urea groups is 1. The van der Waals surface area contributed by atoms with Crippen molar-refractivity contribution in [1.82, 2.24) is 25.7 Å². The molecule has 6 amide bonds. The second-order valence-corrected chi connectivity index (χ2v) is 7.59. The van der Waals surface area contributed by atoms with Gasteiger partial charge in [0.15, 0.2) is 0 Å². The Hall–Kier alpha value is -2.98. The number of piperidine rings is 1. The Labute approximate surface area is 163 Å². The molecular formula is C13H17N5O10S. The van der Waals surface area contributed by atoms with Gasteiger partial charge in [-0.05, 0) is 19.3 Å². The lowest BCUT2D eigenvalue weighted by atomic mass is 10.0. The molecule has 0 radical (unpaired) electrons. The Kier molecular flexibility index (Phi) is 5.33. The Balaban J connectivity index is 1.59. The van der Waals surface area contributed by atoms with E-state index in [1.165, 1.54) is 0 Å². The van der Waals surface area contributed by atoms with E-state index in [2.05, 4.69) is 9.71 Å². The molecule has 0 aromatic rings. The molecule has 0 aliphatic carbocycles. The van der Waals surface area contributed by atoms with E-state index in [-0.39, 0.29) is 32.2 Å². The Bertz CT molecular complexity index is 875. The Morgan fingerprint density at radius 2 is 1.66 bits per heavy atom. The van der Waals surface area contributed by atoms with Gasteiger partial charge in [0.25, 0.3) is 11.8 Å². The van der Waals surface area contributed by atoms with Gasteiger partial charge in [-0.3, -0.25) is 29.8 Å². The fraction of sp³-hybridized carbons (Fsp3) is 0.615. The summed E-state index contributed by atoms with van der Waals surface area (Å²) in [6, 6.07) is -3.98. The zero-order valence-electron chi connectivity index (χ0n) is 14.7. The minimum absolute atomic E-state index is 0.0372. The normalized spacial score (nSPS) is 26.7. The maximum absolute atomic E-state index is 12.4. The first kappa shape index (κ1) is 20.7. The number of nitrogens with zero attached hydrogens (tertiary/aromatic N) is 3. The Morgan fingerprint density at radius 3 is 2.24 bits per heavy atom. The molecule has 0 unspecified atom stereocenters. The quantitative estimate of drug-likeness (QED) is 0.277. The first-order valence-corrected chi connectivity index (χ1v) is 9.77. The molecular weight excluding hydrogens is 418 g/mol. The van der Waals surface area contributed by atoms with Crippen LogP contribution in [0.5, 0.6) is 0 Å². The van der Waals surface area contributed by atoms with Crippen LogP contribution in [0.25, 0.3) is 0 Å². The van der Waals surface area contributed by atoms with Crippen LogP contribution in [0.1, 0.15) is 25.7 Å². The van der Waals surface area contributed by atoms with Crippen molar-refractivity contribution >= 4 is 40.2 Å². The molecule has 4 N–H and O–H groups in total. The summed E-state index contributed by atoms with van der Waals surface area (Å²) < 4.78 is 34.7. The van der Waals surface area contributed by atoms with E-state index in [1.807, 2.05) is 5.43 Å². The molecule has 3 heterocycles. The zero-order chi connectivity index (χ0) is 21.5. The highest BCUT2D eigenvalue weighted by Gasteiger charge is 2.49. The van der Waals surface area contributed by atoms with E-state index in [0.717, 1.165) is 4.90 Å². The lowest BCUT2D eigenvalue weighted by Crippen LogP contribution is -2.57. The van der Waals surface area contributed by atoms with Crippen molar-refractivity contribution in [2.24, 2.45) is 0 Å². The highest BCUT2D eigenvalue weighted by molar-refractivity contribution is 7.80. The highest BCUT2D eigenvalue weighted by atomic mass is 32.3. The second-order valence-electron chi connectivity index (χ2n) is 6.59. The average Bonchev–Trinajstić information content (AvgIpc) is 3.12. The molecule has 2 bridgehead atoms. The summed E-state index contributed by atoms with van der Waals surface area (Å²) in [4.78, 5) is 60.8. The van der Waals surface area contributed by atoms with Crippen molar-refractivity contribution in [2.75, 3.05) is 6.54 Å². The van der Waals surface area contributed by atoms with E-state index in [0.29, 0.717) is 9.96 Å². The van der Waals surface area contributed by atoms with Crippen LogP contribution in [0.4, 0.5) is 9.59 Å². The van der Waals surface area contributed by atoms with Crippen LogP contribution in [0.15, 0.2) is 0 Å². The molecule has 0 aromatic heterocycles. The van der Waals surface area contributed by atoms with Crippen molar-refractivity contribution < 1.29 is 46.3 Å². The molecule has 3 rings (SSSR count). The summed E-state index contributed by atoms with van der Waals surface area (Å²) in [5.74, 6) is -2.45. The number of nitrogens with one attached hydrogen (secondary N) is 2. The van der Waals surface area contributed by atoms with Gasteiger partial charge < -0.3 is 10.0 Å². The third-order valence-corrected chi connectivity index (χ3v) is 5.18. The molecule has 3 saturated heterocycles. The van der Waals surface area contributed by atoms with E-state index in [9.17, 15) is 32.4 Å². The number of hydrazine groups is 1. The highest BCUT2D eigenvalue weighted by Crippen LogP contribution is 2.30. The van der Waals surface area contributed by atoms with Crippen molar-refractivity contribution in [3.05, 3.63) is 0 Å². The minimum Gasteiger partial charge on any atom is -0.465 e. The number of hydrogen-bond acceptors (Lipinski definition) is 8. The molecule has 0 aromatic carbocycles. The molecule has 3 fully saturated rings. The fourth-order valence-electron chi connectivity index (χ4n) is 3.57. The topological polar surface area (TPSA) is 203 Å². The van der Waals surface area contributed by atoms with Crippen LogP contribution >= 0.6 is 0 Å². The summed E-state index contributed by atoms with van der Waals surface area (Å²) in [6.45, 7) is -0.0374. The monoisotopic (exact) mass is 435 g/mol. The number of likely N-dealkylation sites (tertiary alicyclic amines) is 1. The van der Waals surface area contributed by atoms with Crippen molar-refractivity contribution in [3.63, 3.8) is 0 Å². The molecule has 16 heteroatoms. The van der Waals surface area contributed by atoms with Gasteiger partial charge in [-0.15, -0.1) is 4.28 Å². The molecule has 3 aliphatic rings. The first-order valence-electron chi connectivity index (χ1n) is 8.41. The fourth-order valence-corrected chi connectivity index (χ4v) is 3.95. The van der Waals surface area contributed by atoms with Gasteiger partial charge in [0.1, 0.15) is 12.1 Å². The average molecular weight is 435 g/mol. The van der Waals surface area contributed by atoms with Gasteiger partial charge in [-0.25, -0.2) is 14.5 Å². The van der Waals surface area contributed by atoms with Gasteiger partial charge in [0.05, 0.1) is 6.04 Å². The van der Waals surface area contributed by atoms with E-state index < -0.39 is 58.4 Å². The molecule has 15 nitrogen and oxygen atoms in total. The van der Waals surface area contributed by atoms with Gasteiger partial charge in [0, 0.05) is 13.0 Å². The summed E-state index contributed by atoms with van der Waals surface area (Å²) in [6.07, 6.45) is -1.45. The van der Waals surface area contributed by atoms with E-state index >= 15 is 0 Å². The summed E-state index contributed by atoms with van der Waals surface area (Å²) in [5, 5.41) is 9.47. The number of amides is 6. The van der Waals surface area contributed by atoms with Crippen LogP contribution in [0.3, 0.4) is 0 Å². The van der Waals surface area contributed by atoms with Gasteiger partial charge >= 0.3 is 22.5 Å². The van der Waals surface area contributed by atoms with Gasteiger partial charge in [-0.1, -0.05) is 0 Å². The van der Waals surface area contributed by atoms with Gasteiger partial charge in [-0.2, -0.15) is 13.5 Å². The molecule has 0 spiro atoms. The standard InChI is InChI=1S/C13H17N5O10S/c19-9-4-3-8(17(9)13(23)24)11(21)15-14-10(20)7-2-1-6-5-16(7)12(22)18(6)28-29(25,26)27/h6-8H,1-5H2,(H,14,20)(H,15,21)(H,23,24)(H,25,26,27)/t6-,7+,8-/m1/s1. The van der Waals surface area contributed by atoms with E-state index in [1.54, 1.807) is 0 Å². The van der Waals surface area contributed by atoms with Crippen LogP contribution in [0, 0.1) is 0 Å². The van der Waals surface area contributed by atoms with Crippen LogP contribution < -0.4 is 10.9 Å². The molecule has 29 heavy (non-hydrogen) atoms. The first-order chi connectivity index (χ1) is 13.5. The number of hydroxylamine groups is 2. The van der Waals surface area contributed by atoms with Gasteiger partial charge in [0.2, 0.25) is 5.91 Å². The lowest BCUT2D eigenvalue weighted by Gasteiger charge is -2.29. The number of carboxylic acid groups (broad SMARTS) is 1. The molecule has 3 aliphatic heterocycles. The van der Waals surface area contributed by atoms with Crippen molar-refractivity contribution in [2.45, 2.75) is 43.8 Å². The van der Waals surface area contributed by atoms with Crippen molar-refractivity contribution in [1.29, 1.82) is 0 Å². The SMILES string of the molecule is O=C(NNC(=O)[C@@H]1CC[C@@H]2CN1C(=O)N2OS(=O)(=O)O)[C@H]1CCC(=O)N1C(=O)O. The predicted molar refractivity (Wildman–Crippen MR) is 87.6 cm³/mol. The number of imide groups is 1. The number of fused-ring (bicyclic) bond motifs is 2. The van der Waals surface area contributed by atoms with E-state index in [4.69, 9.17) is 9.66 Å². The Morgan fingerprint density at radius 1 is 1.03 bits per heavy atom. The summed E-state index contributed by atoms with van der Waals surface area (Å²) in [5.41, 5.74) is 4.11. The maximum atomic E-state index is 12.4. The number of rotatable bonds is 4. The zero-order valence-corrected chi connectivity index (χ0v) is 15.5. The van der Waals surface area contributed by atoms with Crippen LogP contribution in [-0.2, 0) is 29.1 Å². The molecule has 0 saturated carbocycles. The number of carbonyl (C=O) groups excluding carboxylic acids is 4. The van der Waals surface area contributed by atoms with Crippen LogP contribution in [-0.4, -0.2) is 87.5 Å². The number of hydrogen-bond donors (Lipinski definition) is 4. The third-order valence-electron chi connectivity index (χ3n) is 4.83. The smallest absolute Gasteiger partial charge is 0.418 e. The summed E-state index contributed by atoms with van der Waals surface area (Å²) >= 11 is 0. The summed E-state index contributed by atoms with van der Waals surface area (Å²) in [7, 11) is -4.92. The second kappa shape index (κ2) is 7.45. The minimum atomic E-state index is -4.92. The third kappa shape index (κ3) is 4.08. The largest absolute Gasteiger partial charge is 0.465 e. The maximum Gasteiger partial charge on any atom is 0.418 e.